The van der Waals surface area contributed by atoms with Gasteiger partial charge in [0, 0.05) is 24.1 Å². The predicted molar refractivity (Wildman–Crippen MR) is 74.4 cm³/mol. The van der Waals surface area contributed by atoms with Gasteiger partial charge >= 0.3 is 0 Å². The van der Waals surface area contributed by atoms with E-state index in [9.17, 15) is 0 Å². The summed E-state index contributed by atoms with van der Waals surface area (Å²) in [6.45, 7) is 7.70. The molecule has 2 nitrogen and oxygen atoms in total. The molecule has 0 saturated carbocycles. The molecule has 0 aliphatic carbocycles. The Balaban J connectivity index is 2.44. The summed E-state index contributed by atoms with van der Waals surface area (Å²) >= 11 is 3.67. The number of likely N-dealkylation sites (N-methyl/N-ethyl adjacent to an activating group) is 1. The fourth-order valence-corrected chi connectivity index (χ4v) is 3.28. The highest BCUT2D eigenvalue weighted by atomic mass is 79.9. The van der Waals surface area contributed by atoms with Crippen LogP contribution in [0.4, 0.5) is 11.4 Å². The zero-order valence-corrected chi connectivity index (χ0v) is 11.9. The van der Waals surface area contributed by atoms with Crippen molar-refractivity contribution in [1.82, 2.24) is 0 Å². The lowest BCUT2D eigenvalue weighted by atomic mass is 9.99. The monoisotopic (exact) mass is 282 g/mol. The Morgan fingerprint density at radius 1 is 1.44 bits per heavy atom. The molecule has 0 fully saturated rings. The molecule has 0 radical (unpaired) electrons. The Hall–Kier alpha value is -0.700. The summed E-state index contributed by atoms with van der Waals surface area (Å²) in [7, 11) is 2.18. The molecule has 0 bridgehead atoms. The van der Waals surface area contributed by atoms with Gasteiger partial charge in [-0.15, -0.1) is 0 Å². The van der Waals surface area contributed by atoms with Gasteiger partial charge in [0.25, 0.3) is 0 Å². The Kier molecular flexibility index (Phi) is 3.15. The number of fused-ring (bicyclic) bond motifs is 1. The second kappa shape index (κ2) is 4.28. The second-order valence-corrected chi connectivity index (χ2v) is 5.80. The van der Waals surface area contributed by atoms with Crippen LogP contribution in [0.3, 0.4) is 0 Å². The third-order valence-corrected chi connectivity index (χ3v) is 3.93. The van der Waals surface area contributed by atoms with Crippen LogP contribution in [0.1, 0.15) is 19.4 Å². The zero-order valence-electron chi connectivity index (χ0n) is 10.3. The Bertz CT molecular complexity index is 401. The minimum atomic E-state index is 0.562. The molecule has 1 heterocycles. The summed E-state index contributed by atoms with van der Waals surface area (Å²) in [6.07, 6.45) is 0. The van der Waals surface area contributed by atoms with Crippen LogP contribution in [-0.2, 0) is 0 Å². The summed E-state index contributed by atoms with van der Waals surface area (Å²) in [5.41, 5.74) is 3.82. The van der Waals surface area contributed by atoms with E-state index in [-0.39, 0.29) is 0 Å². The Morgan fingerprint density at radius 3 is 2.75 bits per heavy atom. The van der Waals surface area contributed by atoms with Crippen LogP contribution in [0.25, 0.3) is 0 Å². The lowest BCUT2D eigenvalue weighted by molar-refractivity contribution is 0.482. The van der Waals surface area contributed by atoms with Crippen molar-refractivity contribution in [3.63, 3.8) is 0 Å². The van der Waals surface area contributed by atoms with Crippen LogP contribution in [0, 0.1) is 12.8 Å². The number of nitrogens with zero attached hydrogens (tertiary/aromatic N) is 1. The number of halogens is 1. The van der Waals surface area contributed by atoms with Crippen molar-refractivity contribution in [2.45, 2.75) is 26.8 Å². The molecule has 0 spiro atoms. The van der Waals surface area contributed by atoms with Crippen molar-refractivity contribution in [2.75, 3.05) is 23.8 Å². The predicted octanol–water partition coefficient (Wildman–Crippen LogP) is 3.64. The minimum absolute atomic E-state index is 0.562. The summed E-state index contributed by atoms with van der Waals surface area (Å²) in [4.78, 5) is 2.39. The van der Waals surface area contributed by atoms with E-state index >= 15 is 0 Å². The summed E-state index contributed by atoms with van der Waals surface area (Å²) in [6, 6.07) is 4.96. The second-order valence-electron chi connectivity index (χ2n) is 4.95. The van der Waals surface area contributed by atoms with Crippen LogP contribution in [0.5, 0.6) is 0 Å². The maximum absolute atomic E-state index is 3.67. The lowest BCUT2D eigenvalue weighted by Crippen LogP contribution is -2.45. The molecule has 1 aromatic carbocycles. The van der Waals surface area contributed by atoms with Gasteiger partial charge in [0.05, 0.1) is 11.4 Å². The normalized spacial score (nSPS) is 19.6. The molecule has 2 rings (SSSR count). The van der Waals surface area contributed by atoms with Gasteiger partial charge in [0.2, 0.25) is 0 Å². The molecule has 1 N–H and O–H groups in total. The number of aryl methyl sites for hydroxylation is 1. The van der Waals surface area contributed by atoms with Gasteiger partial charge < -0.3 is 10.2 Å². The number of benzene rings is 1. The molecule has 0 amide bonds. The molecular weight excluding hydrogens is 264 g/mol. The quantitative estimate of drug-likeness (QED) is 0.846. The van der Waals surface area contributed by atoms with Gasteiger partial charge in [0.1, 0.15) is 0 Å². The first kappa shape index (κ1) is 11.8. The van der Waals surface area contributed by atoms with Crippen molar-refractivity contribution in [1.29, 1.82) is 0 Å². The summed E-state index contributed by atoms with van der Waals surface area (Å²) in [5, 5.41) is 3.53. The van der Waals surface area contributed by atoms with E-state index in [2.05, 4.69) is 66.1 Å². The molecule has 0 saturated heterocycles. The first-order valence-electron chi connectivity index (χ1n) is 5.77. The number of nitrogens with one attached hydrogen (secondary N) is 1. The molecule has 1 aliphatic heterocycles. The van der Waals surface area contributed by atoms with E-state index in [0.29, 0.717) is 12.0 Å². The van der Waals surface area contributed by atoms with Gasteiger partial charge in [0.15, 0.2) is 0 Å². The van der Waals surface area contributed by atoms with E-state index in [0.717, 1.165) is 6.54 Å². The van der Waals surface area contributed by atoms with Gasteiger partial charge in [-0.25, -0.2) is 0 Å². The largest absolute Gasteiger partial charge is 0.381 e. The molecule has 1 unspecified atom stereocenters. The maximum Gasteiger partial charge on any atom is 0.0747 e. The summed E-state index contributed by atoms with van der Waals surface area (Å²) in [5.74, 6) is 0.652. The highest BCUT2D eigenvalue weighted by Gasteiger charge is 2.27. The fourth-order valence-electron chi connectivity index (χ4n) is 2.43. The van der Waals surface area contributed by atoms with Crippen molar-refractivity contribution in [2.24, 2.45) is 5.92 Å². The van der Waals surface area contributed by atoms with Crippen molar-refractivity contribution in [3.05, 3.63) is 22.2 Å². The van der Waals surface area contributed by atoms with Crippen LogP contribution in [0.2, 0.25) is 0 Å². The van der Waals surface area contributed by atoms with Gasteiger partial charge in [-0.1, -0.05) is 13.8 Å². The van der Waals surface area contributed by atoms with E-state index < -0.39 is 0 Å². The summed E-state index contributed by atoms with van der Waals surface area (Å²) < 4.78 is 1.18. The molecule has 1 aliphatic rings. The molecule has 1 atom stereocenters. The van der Waals surface area contributed by atoms with Crippen molar-refractivity contribution < 1.29 is 0 Å². The van der Waals surface area contributed by atoms with E-state index in [4.69, 9.17) is 0 Å². The number of rotatable bonds is 1. The van der Waals surface area contributed by atoms with Gasteiger partial charge in [-0.2, -0.15) is 0 Å². The maximum atomic E-state index is 3.67. The number of anilines is 2. The van der Waals surface area contributed by atoms with Gasteiger partial charge in [-0.3, -0.25) is 0 Å². The molecule has 1 aromatic rings. The third-order valence-electron chi connectivity index (χ3n) is 3.33. The average molecular weight is 283 g/mol. The lowest BCUT2D eigenvalue weighted by Gasteiger charge is -2.39. The molecule has 3 heteroatoms. The Labute approximate surface area is 106 Å². The highest BCUT2D eigenvalue weighted by molar-refractivity contribution is 9.10. The molecule has 88 valence electrons. The molecule has 16 heavy (non-hydrogen) atoms. The van der Waals surface area contributed by atoms with E-state index in [1.54, 1.807) is 0 Å². The van der Waals surface area contributed by atoms with Gasteiger partial charge in [-0.05, 0) is 46.5 Å². The van der Waals surface area contributed by atoms with Crippen molar-refractivity contribution in [3.8, 4) is 0 Å². The number of hydrogen-bond acceptors (Lipinski definition) is 2. The topological polar surface area (TPSA) is 15.3 Å². The fraction of sp³-hybridized carbons (Fsp3) is 0.538. The first-order chi connectivity index (χ1) is 7.50. The minimum Gasteiger partial charge on any atom is -0.381 e. The third kappa shape index (κ3) is 1.93. The van der Waals surface area contributed by atoms with Crippen LogP contribution in [-0.4, -0.2) is 19.6 Å². The first-order valence-corrected chi connectivity index (χ1v) is 6.57. The smallest absolute Gasteiger partial charge is 0.0747 e. The van der Waals surface area contributed by atoms with Crippen LogP contribution >= 0.6 is 15.9 Å². The SMILES string of the molecule is Cc1cc(Br)c2c(c1)NCC(C(C)C)N2C. The molecule has 0 aromatic heterocycles. The van der Waals surface area contributed by atoms with Crippen LogP contribution < -0.4 is 10.2 Å². The average Bonchev–Trinajstić information content (AvgIpc) is 2.15. The van der Waals surface area contributed by atoms with Crippen LogP contribution in [0.15, 0.2) is 16.6 Å². The number of hydrogen-bond donors (Lipinski definition) is 1. The standard InChI is InChI=1S/C13H19BrN2/c1-8(2)12-7-15-11-6-9(3)5-10(14)13(11)16(12)4/h5-6,8,12,15H,7H2,1-4H3. The zero-order chi connectivity index (χ0) is 11.9. The van der Waals surface area contributed by atoms with E-state index in [1.807, 2.05) is 0 Å². The Morgan fingerprint density at radius 2 is 2.12 bits per heavy atom. The molecular formula is C13H19BrN2. The van der Waals surface area contributed by atoms with E-state index in [1.165, 1.54) is 21.4 Å². The van der Waals surface area contributed by atoms with Crippen molar-refractivity contribution >= 4 is 27.3 Å². The highest BCUT2D eigenvalue weighted by Crippen LogP contribution is 2.39.